The highest BCUT2D eigenvalue weighted by molar-refractivity contribution is 6.11. The zero-order chi connectivity index (χ0) is 16.3. The molecule has 1 aliphatic heterocycles. The molecule has 3 N–H and O–H groups in total. The van der Waals surface area contributed by atoms with Crippen molar-refractivity contribution in [2.75, 3.05) is 16.8 Å². The summed E-state index contributed by atoms with van der Waals surface area (Å²) in [4.78, 5) is 36.7. The zero-order valence-corrected chi connectivity index (χ0v) is 12.5. The van der Waals surface area contributed by atoms with Crippen molar-refractivity contribution < 1.29 is 19.5 Å². The van der Waals surface area contributed by atoms with Gasteiger partial charge in [0.25, 0.3) is 0 Å². The fourth-order valence-corrected chi connectivity index (χ4v) is 2.46. The van der Waals surface area contributed by atoms with Crippen LogP contribution in [0, 0.1) is 5.92 Å². The Hall–Kier alpha value is -2.57. The van der Waals surface area contributed by atoms with Crippen molar-refractivity contribution in [1.82, 2.24) is 5.32 Å². The van der Waals surface area contributed by atoms with Crippen molar-refractivity contribution in [3.05, 3.63) is 24.3 Å². The number of rotatable bonds is 4. The van der Waals surface area contributed by atoms with E-state index >= 15 is 0 Å². The van der Waals surface area contributed by atoms with Crippen LogP contribution >= 0.6 is 0 Å². The smallest absolute Gasteiger partial charge is 0.322 e. The number of nitrogens with one attached hydrogen (secondary N) is 2. The van der Waals surface area contributed by atoms with Crippen LogP contribution < -0.4 is 15.5 Å². The van der Waals surface area contributed by atoms with Crippen LogP contribution in [0.3, 0.4) is 0 Å². The van der Waals surface area contributed by atoms with Gasteiger partial charge in [-0.15, -0.1) is 0 Å². The maximum atomic E-state index is 12.4. The summed E-state index contributed by atoms with van der Waals surface area (Å²) in [7, 11) is 0. The Morgan fingerprint density at radius 2 is 2.05 bits per heavy atom. The minimum atomic E-state index is -0.988. The number of carbonyl (C=O) groups excluding carboxylic acids is 2. The first-order valence-electron chi connectivity index (χ1n) is 7.10. The van der Waals surface area contributed by atoms with Gasteiger partial charge in [-0.05, 0) is 18.1 Å². The summed E-state index contributed by atoms with van der Waals surface area (Å²) in [5.41, 5.74) is 1.17. The van der Waals surface area contributed by atoms with Crippen molar-refractivity contribution >= 4 is 29.3 Å². The van der Waals surface area contributed by atoms with Crippen LogP contribution in [0.4, 0.5) is 16.2 Å². The number of carbonyl (C=O) groups is 3. The third-order valence-corrected chi connectivity index (χ3v) is 3.43. The molecule has 7 heteroatoms. The van der Waals surface area contributed by atoms with E-state index in [0.717, 1.165) is 0 Å². The van der Waals surface area contributed by atoms with E-state index in [1.165, 1.54) is 4.90 Å². The van der Waals surface area contributed by atoms with Gasteiger partial charge in [-0.2, -0.15) is 0 Å². The molecule has 1 aliphatic rings. The maximum absolute atomic E-state index is 12.4. The third-order valence-electron chi connectivity index (χ3n) is 3.43. The van der Waals surface area contributed by atoms with E-state index in [1.807, 2.05) is 13.8 Å². The molecule has 0 aliphatic carbocycles. The number of hydrogen-bond donors (Lipinski definition) is 3. The molecule has 0 unspecified atom stereocenters. The van der Waals surface area contributed by atoms with Crippen molar-refractivity contribution in [3.63, 3.8) is 0 Å². The van der Waals surface area contributed by atoms with Crippen molar-refractivity contribution in [2.45, 2.75) is 26.3 Å². The van der Waals surface area contributed by atoms with Gasteiger partial charge in [-0.25, -0.2) is 4.79 Å². The van der Waals surface area contributed by atoms with Crippen LogP contribution in [0.1, 0.15) is 20.3 Å². The summed E-state index contributed by atoms with van der Waals surface area (Å²) < 4.78 is 0. The van der Waals surface area contributed by atoms with E-state index in [9.17, 15) is 14.4 Å². The SMILES string of the molecule is CC(C)[C@H]1C(=O)Nc2ccccc2N1C(=O)NCCC(=O)O. The summed E-state index contributed by atoms with van der Waals surface area (Å²) in [6, 6.07) is 5.92. The number of aliphatic carboxylic acids is 1. The number of para-hydroxylation sites is 2. The lowest BCUT2D eigenvalue weighted by atomic mass is 9.98. The topological polar surface area (TPSA) is 98.7 Å². The van der Waals surface area contributed by atoms with Gasteiger partial charge in [0, 0.05) is 6.54 Å². The van der Waals surface area contributed by atoms with E-state index in [2.05, 4.69) is 10.6 Å². The van der Waals surface area contributed by atoms with Gasteiger partial charge in [0.2, 0.25) is 5.91 Å². The van der Waals surface area contributed by atoms with E-state index in [-0.39, 0.29) is 24.8 Å². The van der Waals surface area contributed by atoms with Gasteiger partial charge < -0.3 is 15.7 Å². The molecule has 0 saturated heterocycles. The molecule has 0 spiro atoms. The largest absolute Gasteiger partial charge is 0.481 e. The molecule has 0 radical (unpaired) electrons. The average Bonchev–Trinajstić information content (AvgIpc) is 2.44. The Kier molecular flexibility index (Phi) is 4.65. The standard InChI is InChI=1S/C15H19N3O4/c1-9(2)13-14(21)17-10-5-3-4-6-11(10)18(13)15(22)16-8-7-12(19)20/h3-6,9,13H,7-8H2,1-2H3,(H,16,22)(H,17,21)(H,19,20)/t13-/m0/s1. The van der Waals surface area contributed by atoms with Gasteiger partial charge in [0.05, 0.1) is 17.8 Å². The van der Waals surface area contributed by atoms with E-state index < -0.39 is 18.0 Å². The average molecular weight is 305 g/mol. The lowest BCUT2D eigenvalue weighted by Gasteiger charge is -2.38. The molecule has 0 saturated carbocycles. The van der Waals surface area contributed by atoms with Gasteiger partial charge in [0.15, 0.2) is 0 Å². The lowest BCUT2D eigenvalue weighted by molar-refractivity contribution is -0.136. The van der Waals surface area contributed by atoms with Crippen LogP contribution in [-0.4, -0.2) is 35.6 Å². The summed E-state index contributed by atoms with van der Waals surface area (Å²) in [6.07, 6.45) is -0.167. The summed E-state index contributed by atoms with van der Waals surface area (Å²) in [5, 5.41) is 14.0. The molecule has 7 nitrogen and oxygen atoms in total. The van der Waals surface area contributed by atoms with E-state index in [0.29, 0.717) is 11.4 Å². The molecule has 1 aromatic carbocycles. The van der Waals surface area contributed by atoms with Crippen molar-refractivity contribution in [2.24, 2.45) is 5.92 Å². The number of hydrogen-bond acceptors (Lipinski definition) is 3. The highest BCUT2D eigenvalue weighted by Crippen LogP contribution is 2.33. The number of benzene rings is 1. The second-order valence-corrected chi connectivity index (χ2v) is 5.44. The molecule has 1 atom stereocenters. The van der Waals surface area contributed by atoms with E-state index in [1.54, 1.807) is 24.3 Å². The molecule has 0 aromatic heterocycles. The first-order chi connectivity index (χ1) is 10.4. The molecule has 3 amide bonds. The molecule has 1 heterocycles. The first-order valence-corrected chi connectivity index (χ1v) is 7.10. The zero-order valence-electron chi connectivity index (χ0n) is 12.5. The quantitative estimate of drug-likeness (QED) is 0.787. The molecule has 22 heavy (non-hydrogen) atoms. The van der Waals surface area contributed by atoms with Crippen LogP contribution in [0.2, 0.25) is 0 Å². The number of amides is 3. The normalized spacial score (nSPS) is 17.0. The van der Waals surface area contributed by atoms with Crippen LogP contribution in [0.25, 0.3) is 0 Å². The minimum absolute atomic E-state index is 0.0132. The Morgan fingerprint density at radius 1 is 1.36 bits per heavy atom. The Labute approximate surface area is 128 Å². The maximum Gasteiger partial charge on any atom is 0.322 e. The molecule has 0 bridgehead atoms. The highest BCUT2D eigenvalue weighted by Gasteiger charge is 2.38. The molecule has 0 fully saturated rings. The van der Waals surface area contributed by atoms with Gasteiger partial charge >= 0.3 is 12.0 Å². The molecular formula is C15H19N3O4. The second kappa shape index (κ2) is 6.46. The van der Waals surface area contributed by atoms with Gasteiger partial charge in [0.1, 0.15) is 6.04 Å². The summed E-state index contributed by atoms with van der Waals surface area (Å²) >= 11 is 0. The number of urea groups is 1. The molecular weight excluding hydrogens is 286 g/mol. The fourth-order valence-electron chi connectivity index (χ4n) is 2.46. The third kappa shape index (κ3) is 3.19. The number of carboxylic acids is 1. The van der Waals surface area contributed by atoms with Gasteiger partial charge in [-0.1, -0.05) is 26.0 Å². The number of fused-ring (bicyclic) bond motifs is 1. The predicted molar refractivity (Wildman–Crippen MR) is 81.8 cm³/mol. The summed E-state index contributed by atoms with van der Waals surface area (Å²) in [6.45, 7) is 3.73. The Balaban J connectivity index is 2.28. The number of carboxylic acid groups (broad SMARTS) is 1. The fraction of sp³-hybridized carbons (Fsp3) is 0.400. The molecule has 1 aromatic rings. The number of nitrogens with zero attached hydrogens (tertiary/aromatic N) is 1. The van der Waals surface area contributed by atoms with Crippen molar-refractivity contribution in [3.8, 4) is 0 Å². The second-order valence-electron chi connectivity index (χ2n) is 5.44. The molecule has 118 valence electrons. The highest BCUT2D eigenvalue weighted by atomic mass is 16.4. The minimum Gasteiger partial charge on any atom is -0.481 e. The van der Waals surface area contributed by atoms with Gasteiger partial charge in [-0.3, -0.25) is 14.5 Å². The Morgan fingerprint density at radius 3 is 2.68 bits per heavy atom. The number of anilines is 2. The van der Waals surface area contributed by atoms with E-state index in [4.69, 9.17) is 5.11 Å². The van der Waals surface area contributed by atoms with Crippen molar-refractivity contribution in [1.29, 1.82) is 0 Å². The van der Waals surface area contributed by atoms with Crippen LogP contribution in [-0.2, 0) is 9.59 Å². The van der Waals surface area contributed by atoms with Crippen LogP contribution in [0.15, 0.2) is 24.3 Å². The summed E-state index contributed by atoms with van der Waals surface area (Å²) in [5.74, 6) is -1.32. The monoisotopic (exact) mass is 305 g/mol. The predicted octanol–water partition coefficient (Wildman–Crippen LogP) is 1.65. The Bertz CT molecular complexity index is 600. The van der Waals surface area contributed by atoms with Crippen LogP contribution in [0.5, 0.6) is 0 Å². The first kappa shape index (κ1) is 15.8. The molecule has 2 rings (SSSR count). The lowest BCUT2D eigenvalue weighted by Crippen LogP contribution is -2.56.